The molecule has 110 valence electrons. The summed E-state index contributed by atoms with van der Waals surface area (Å²) in [4.78, 5) is 2.46. The minimum Gasteiger partial charge on any atom is -0.392 e. The number of rotatable bonds is 5. The highest BCUT2D eigenvalue weighted by Gasteiger charge is 2.39. The lowest BCUT2D eigenvalue weighted by atomic mass is 10.00. The summed E-state index contributed by atoms with van der Waals surface area (Å²) in [6, 6.07) is 0.376. The molecule has 2 heterocycles. The zero-order valence-electron chi connectivity index (χ0n) is 11.3. The fraction of sp³-hybridized carbons (Fsp3) is 0.917. The molecule has 0 amide bonds. The summed E-state index contributed by atoms with van der Waals surface area (Å²) in [5.74, 6) is 0. The zero-order chi connectivity index (χ0) is 14.0. The Kier molecular flexibility index (Phi) is 4.81. The number of sulfonamides is 1. The molecule has 0 aromatic carbocycles. The van der Waals surface area contributed by atoms with Gasteiger partial charge in [0.25, 0.3) is 0 Å². The highest BCUT2D eigenvalue weighted by atomic mass is 32.2. The Morgan fingerprint density at radius 2 is 2.16 bits per heavy atom. The van der Waals surface area contributed by atoms with Crippen molar-refractivity contribution < 1.29 is 8.42 Å². The van der Waals surface area contributed by atoms with Gasteiger partial charge >= 0.3 is 0 Å². The Morgan fingerprint density at radius 1 is 1.42 bits per heavy atom. The molecule has 0 aromatic rings. The van der Waals surface area contributed by atoms with E-state index >= 15 is 0 Å². The van der Waals surface area contributed by atoms with Crippen LogP contribution in [0.1, 0.15) is 39.0 Å². The summed E-state index contributed by atoms with van der Waals surface area (Å²) in [6.07, 6.45) is 4.80. The molecular formula is C12H23N3O2S2. The maximum atomic E-state index is 12.3. The van der Waals surface area contributed by atoms with Gasteiger partial charge in [0.05, 0.1) is 4.99 Å². The molecule has 0 aromatic heterocycles. The molecule has 0 spiro atoms. The summed E-state index contributed by atoms with van der Waals surface area (Å²) in [5, 5.41) is -0.750. The summed E-state index contributed by atoms with van der Waals surface area (Å²) >= 11 is 4.87. The van der Waals surface area contributed by atoms with Crippen molar-refractivity contribution in [3.63, 3.8) is 0 Å². The number of nitrogens with two attached hydrogens (primary N) is 1. The number of thiocarbonyl (C=S) groups is 1. The quantitative estimate of drug-likeness (QED) is 0.728. The van der Waals surface area contributed by atoms with Gasteiger partial charge in [-0.1, -0.05) is 25.6 Å². The van der Waals surface area contributed by atoms with Crippen LogP contribution in [-0.2, 0) is 10.0 Å². The Labute approximate surface area is 121 Å². The number of hydrogen-bond donors (Lipinski definition) is 2. The Hall–Kier alpha value is -0.240. The maximum absolute atomic E-state index is 12.3. The van der Waals surface area contributed by atoms with Gasteiger partial charge in [0.2, 0.25) is 10.0 Å². The molecule has 3 atom stereocenters. The van der Waals surface area contributed by atoms with Crippen molar-refractivity contribution in [2.75, 3.05) is 13.1 Å². The zero-order valence-corrected chi connectivity index (χ0v) is 13.0. The standard InChI is InChI=1S/C12H23N3O2S2/c1-2-11(12(13)18)19(16,17)14-9-6-8-15-7-4-3-5-10(9)15/h9-11,14H,2-8H2,1H3,(H2,13,18). The second-order valence-electron chi connectivity index (χ2n) is 5.46. The summed E-state index contributed by atoms with van der Waals surface area (Å²) < 4.78 is 27.5. The van der Waals surface area contributed by atoms with Crippen molar-refractivity contribution in [1.29, 1.82) is 0 Å². The van der Waals surface area contributed by atoms with Crippen molar-refractivity contribution >= 4 is 27.2 Å². The summed E-state index contributed by atoms with van der Waals surface area (Å²) in [6.45, 7) is 3.88. The smallest absolute Gasteiger partial charge is 0.221 e. The second-order valence-corrected chi connectivity index (χ2v) is 7.82. The first kappa shape index (κ1) is 15.2. The SMILES string of the molecule is CCC(C(N)=S)S(=O)(=O)NC1CCN2CCCCC12. The number of fused-ring (bicyclic) bond motifs is 1. The van der Waals surface area contributed by atoms with Gasteiger partial charge < -0.3 is 5.73 Å². The van der Waals surface area contributed by atoms with Gasteiger partial charge in [-0.3, -0.25) is 4.90 Å². The molecule has 0 radical (unpaired) electrons. The van der Waals surface area contributed by atoms with E-state index in [0.29, 0.717) is 12.5 Å². The highest BCUT2D eigenvalue weighted by molar-refractivity contribution is 7.93. The van der Waals surface area contributed by atoms with Gasteiger partial charge in [-0.15, -0.1) is 0 Å². The average Bonchev–Trinajstić information content (AvgIpc) is 2.72. The molecule has 3 N–H and O–H groups in total. The topological polar surface area (TPSA) is 75.4 Å². The minimum absolute atomic E-state index is 0.0219. The van der Waals surface area contributed by atoms with E-state index in [1.165, 1.54) is 12.8 Å². The molecule has 2 rings (SSSR count). The number of hydrogen-bond acceptors (Lipinski definition) is 4. The molecule has 5 nitrogen and oxygen atoms in total. The fourth-order valence-corrected chi connectivity index (χ4v) is 5.40. The minimum atomic E-state index is -3.45. The van der Waals surface area contributed by atoms with E-state index in [2.05, 4.69) is 9.62 Å². The lowest BCUT2D eigenvalue weighted by Gasteiger charge is -2.33. The van der Waals surface area contributed by atoms with E-state index in [0.717, 1.165) is 25.9 Å². The molecule has 2 aliphatic heterocycles. The maximum Gasteiger partial charge on any atom is 0.221 e. The van der Waals surface area contributed by atoms with Crippen molar-refractivity contribution in [3.8, 4) is 0 Å². The predicted molar refractivity (Wildman–Crippen MR) is 80.5 cm³/mol. The molecule has 7 heteroatoms. The molecule has 0 bridgehead atoms. The third kappa shape index (κ3) is 3.26. The van der Waals surface area contributed by atoms with Crippen LogP contribution in [0.3, 0.4) is 0 Å². The lowest BCUT2D eigenvalue weighted by molar-refractivity contribution is 0.186. The average molecular weight is 305 g/mol. The molecule has 2 saturated heterocycles. The van der Waals surface area contributed by atoms with E-state index in [9.17, 15) is 8.42 Å². The molecule has 0 saturated carbocycles. The van der Waals surface area contributed by atoms with Crippen LogP contribution in [0.5, 0.6) is 0 Å². The van der Waals surface area contributed by atoms with Crippen molar-refractivity contribution in [2.24, 2.45) is 5.73 Å². The van der Waals surface area contributed by atoms with Gasteiger partial charge in [0.15, 0.2) is 0 Å². The van der Waals surface area contributed by atoms with Crippen molar-refractivity contribution in [2.45, 2.75) is 56.4 Å². The van der Waals surface area contributed by atoms with Crippen LogP contribution in [0.4, 0.5) is 0 Å². The van der Waals surface area contributed by atoms with E-state index in [1.807, 2.05) is 0 Å². The number of nitrogens with one attached hydrogen (secondary N) is 1. The highest BCUT2D eigenvalue weighted by Crippen LogP contribution is 2.28. The third-order valence-electron chi connectivity index (χ3n) is 4.23. The molecule has 2 aliphatic rings. The van der Waals surface area contributed by atoms with Crippen LogP contribution >= 0.6 is 12.2 Å². The van der Waals surface area contributed by atoms with Crippen LogP contribution in [-0.4, -0.2) is 48.7 Å². The molecule has 2 fully saturated rings. The van der Waals surface area contributed by atoms with Gasteiger partial charge in [0.1, 0.15) is 5.25 Å². The molecule has 3 unspecified atom stereocenters. The van der Waals surface area contributed by atoms with Crippen LogP contribution in [0.15, 0.2) is 0 Å². The fourth-order valence-electron chi connectivity index (χ4n) is 3.25. The van der Waals surface area contributed by atoms with E-state index < -0.39 is 15.3 Å². The van der Waals surface area contributed by atoms with E-state index in [-0.39, 0.29) is 11.0 Å². The van der Waals surface area contributed by atoms with Gasteiger partial charge in [-0.25, -0.2) is 13.1 Å². The predicted octanol–water partition coefficient (Wildman–Crippen LogP) is 0.597. The second kappa shape index (κ2) is 6.03. The van der Waals surface area contributed by atoms with E-state index in [4.69, 9.17) is 18.0 Å². The number of piperidine rings is 1. The molecular weight excluding hydrogens is 282 g/mol. The third-order valence-corrected chi connectivity index (χ3v) is 6.64. The molecule has 19 heavy (non-hydrogen) atoms. The van der Waals surface area contributed by atoms with Crippen LogP contribution in [0.25, 0.3) is 0 Å². The normalized spacial score (nSPS) is 29.9. The Balaban J connectivity index is 2.06. The van der Waals surface area contributed by atoms with Crippen LogP contribution in [0, 0.1) is 0 Å². The summed E-state index contributed by atoms with van der Waals surface area (Å²) in [7, 11) is -3.45. The monoisotopic (exact) mass is 305 g/mol. The van der Waals surface area contributed by atoms with Gasteiger partial charge in [-0.05, 0) is 32.2 Å². The first-order valence-corrected chi connectivity index (χ1v) is 8.95. The van der Waals surface area contributed by atoms with E-state index in [1.54, 1.807) is 6.92 Å². The summed E-state index contributed by atoms with van der Waals surface area (Å²) in [5.41, 5.74) is 5.54. The van der Waals surface area contributed by atoms with Gasteiger partial charge in [-0.2, -0.15) is 0 Å². The van der Waals surface area contributed by atoms with Crippen LogP contribution in [0.2, 0.25) is 0 Å². The number of nitrogens with zero attached hydrogens (tertiary/aromatic N) is 1. The van der Waals surface area contributed by atoms with Crippen molar-refractivity contribution in [3.05, 3.63) is 0 Å². The van der Waals surface area contributed by atoms with Crippen LogP contribution < -0.4 is 10.5 Å². The largest absolute Gasteiger partial charge is 0.392 e. The Bertz CT molecular complexity index is 438. The first-order valence-electron chi connectivity index (χ1n) is 7.00. The Morgan fingerprint density at radius 3 is 2.79 bits per heavy atom. The van der Waals surface area contributed by atoms with Gasteiger partial charge in [0, 0.05) is 18.6 Å². The lowest BCUT2D eigenvalue weighted by Crippen LogP contribution is -2.51. The first-order chi connectivity index (χ1) is 8.95. The molecule has 0 aliphatic carbocycles. The van der Waals surface area contributed by atoms with Crippen molar-refractivity contribution in [1.82, 2.24) is 9.62 Å².